The van der Waals surface area contributed by atoms with Gasteiger partial charge in [-0.05, 0) is 17.8 Å². The van der Waals surface area contributed by atoms with Crippen LogP contribution in [0.2, 0.25) is 0 Å². The Morgan fingerprint density at radius 3 is 2.27 bits per heavy atom. The van der Waals surface area contributed by atoms with Crippen molar-refractivity contribution in [3.63, 3.8) is 0 Å². The normalized spacial score (nSPS) is 14.1. The second-order valence-electron chi connectivity index (χ2n) is 5.58. The average molecular weight is 215 g/mol. The number of esters is 1. The third-order valence-electron chi connectivity index (χ3n) is 2.46. The summed E-state index contributed by atoms with van der Waals surface area (Å²) in [5.74, 6) is 0.382. The van der Waals surface area contributed by atoms with Crippen LogP contribution >= 0.6 is 0 Å². The van der Waals surface area contributed by atoms with E-state index in [4.69, 9.17) is 10.5 Å². The van der Waals surface area contributed by atoms with Crippen LogP contribution in [-0.4, -0.2) is 18.6 Å². The van der Waals surface area contributed by atoms with Crippen LogP contribution in [0.3, 0.4) is 0 Å². The Morgan fingerprint density at radius 1 is 1.33 bits per heavy atom. The minimum absolute atomic E-state index is 0.0446. The van der Waals surface area contributed by atoms with E-state index >= 15 is 0 Å². The quantitative estimate of drug-likeness (QED) is 0.716. The fourth-order valence-corrected chi connectivity index (χ4v) is 0.953. The molecule has 0 fully saturated rings. The molecule has 0 bridgehead atoms. The van der Waals surface area contributed by atoms with Crippen LogP contribution in [0.25, 0.3) is 0 Å². The van der Waals surface area contributed by atoms with Gasteiger partial charge < -0.3 is 10.5 Å². The molecule has 0 saturated heterocycles. The highest BCUT2D eigenvalue weighted by atomic mass is 16.5. The van der Waals surface area contributed by atoms with Crippen LogP contribution < -0.4 is 5.73 Å². The van der Waals surface area contributed by atoms with Gasteiger partial charge in [0.25, 0.3) is 0 Å². The molecule has 0 aliphatic carbocycles. The lowest BCUT2D eigenvalue weighted by molar-refractivity contribution is -0.144. The molecule has 2 N–H and O–H groups in total. The molecule has 1 unspecified atom stereocenters. The van der Waals surface area contributed by atoms with Crippen molar-refractivity contribution in [2.75, 3.05) is 6.61 Å². The lowest BCUT2D eigenvalue weighted by atomic mass is 9.85. The predicted molar refractivity (Wildman–Crippen MR) is 62.5 cm³/mol. The average Bonchev–Trinajstić information content (AvgIpc) is 2.01. The zero-order chi connectivity index (χ0) is 12.1. The largest absolute Gasteiger partial charge is 0.466 e. The molecular formula is C12H25NO2. The van der Waals surface area contributed by atoms with Gasteiger partial charge in [0, 0.05) is 6.04 Å². The molecule has 15 heavy (non-hydrogen) atoms. The van der Waals surface area contributed by atoms with E-state index in [-0.39, 0.29) is 17.4 Å². The highest BCUT2D eigenvalue weighted by Crippen LogP contribution is 2.19. The summed E-state index contributed by atoms with van der Waals surface area (Å²) in [7, 11) is 0. The Bertz CT molecular complexity index is 194. The molecule has 0 aliphatic rings. The fourth-order valence-electron chi connectivity index (χ4n) is 0.953. The Kier molecular flexibility index (Phi) is 5.88. The summed E-state index contributed by atoms with van der Waals surface area (Å²) in [4.78, 5) is 11.4. The maximum Gasteiger partial charge on any atom is 0.307 e. The third kappa shape index (κ3) is 7.37. The lowest BCUT2D eigenvalue weighted by Gasteiger charge is -2.26. The molecule has 90 valence electrons. The van der Waals surface area contributed by atoms with Crippen molar-refractivity contribution >= 4 is 5.97 Å². The van der Waals surface area contributed by atoms with Crippen LogP contribution in [-0.2, 0) is 9.53 Å². The van der Waals surface area contributed by atoms with Gasteiger partial charge in [0.05, 0.1) is 13.0 Å². The predicted octanol–water partition coefficient (Wildman–Crippen LogP) is 2.34. The van der Waals surface area contributed by atoms with Gasteiger partial charge in [-0.15, -0.1) is 0 Å². The van der Waals surface area contributed by atoms with Gasteiger partial charge in [0.15, 0.2) is 0 Å². The van der Waals surface area contributed by atoms with E-state index in [0.717, 1.165) is 6.42 Å². The molecule has 0 heterocycles. The molecular weight excluding hydrogens is 190 g/mol. The van der Waals surface area contributed by atoms with Gasteiger partial charge in [0.1, 0.15) is 0 Å². The minimum atomic E-state index is -0.182. The van der Waals surface area contributed by atoms with Gasteiger partial charge in [-0.2, -0.15) is 0 Å². The Labute approximate surface area is 93.4 Å². The second-order valence-corrected chi connectivity index (χ2v) is 5.58. The maximum absolute atomic E-state index is 11.4. The Morgan fingerprint density at radius 2 is 1.87 bits per heavy atom. The first-order valence-corrected chi connectivity index (χ1v) is 5.64. The summed E-state index contributed by atoms with van der Waals surface area (Å²) in [6.45, 7) is 10.8. The van der Waals surface area contributed by atoms with Crippen LogP contribution in [0.4, 0.5) is 0 Å². The summed E-state index contributed by atoms with van der Waals surface area (Å²) in [6.07, 6.45) is 1.22. The molecule has 0 radical (unpaired) electrons. The molecule has 0 aromatic heterocycles. The van der Waals surface area contributed by atoms with Crippen molar-refractivity contribution < 1.29 is 9.53 Å². The zero-order valence-electron chi connectivity index (χ0n) is 10.7. The highest BCUT2D eigenvalue weighted by molar-refractivity contribution is 5.70. The highest BCUT2D eigenvalue weighted by Gasteiger charge is 2.23. The van der Waals surface area contributed by atoms with Crippen molar-refractivity contribution in [1.29, 1.82) is 0 Å². The number of hydrogen-bond donors (Lipinski definition) is 1. The summed E-state index contributed by atoms with van der Waals surface area (Å²) < 4.78 is 5.10. The minimum Gasteiger partial charge on any atom is -0.466 e. The van der Waals surface area contributed by atoms with Crippen LogP contribution in [0.5, 0.6) is 0 Å². The number of carbonyl (C=O) groups excluding carboxylic acids is 1. The Balaban J connectivity index is 3.75. The first kappa shape index (κ1) is 14.4. The number of ether oxygens (including phenoxy) is 1. The number of nitrogens with two attached hydrogens (primary N) is 1. The standard InChI is InChI=1S/C12H25NO2/c1-9(2)6-7-15-11(14)8-10(13)12(3,4)5/h9-10H,6-8,13H2,1-5H3. The number of hydrogen-bond acceptors (Lipinski definition) is 3. The van der Waals surface area contributed by atoms with Crippen molar-refractivity contribution in [1.82, 2.24) is 0 Å². The van der Waals surface area contributed by atoms with Crippen molar-refractivity contribution in [2.24, 2.45) is 17.1 Å². The molecule has 0 amide bonds. The molecule has 0 rings (SSSR count). The van der Waals surface area contributed by atoms with E-state index in [1.165, 1.54) is 0 Å². The van der Waals surface area contributed by atoms with Gasteiger partial charge in [0.2, 0.25) is 0 Å². The first-order chi connectivity index (χ1) is 6.73. The van der Waals surface area contributed by atoms with Gasteiger partial charge >= 0.3 is 5.97 Å². The van der Waals surface area contributed by atoms with Crippen LogP contribution in [0.1, 0.15) is 47.5 Å². The molecule has 0 aliphatic heterocycles. The summed E-state index contributed by atoms with van der Waals surface area (Å²) in [5, 5.41) is 0. The topological polar surface area (TPSA) is 52.3 Å². The van der Waals surface area contributed by atoms with E-state index in [0.29, 0.717) is 18.9 Å². The summed E-state index contributed by atoms with van der Waals surface area (Å²) in [6, 6.07) is -0.135. The van der Waals surface area contributed by atoms with E-state index in [2.05, 4.69) is 13.8 Å². The van der Waals surface area contributed by atoms with E-state index in [1.54, 1.807) is 0 Å². The SMILES string of the molecule is CC(C)CCOC(=O)CC(N)C(C)(C)C. The van der Waals surface area contributed by atoms with E-state index < -0.39 is 0 Å². The van der Waals surface area contributed by atoms with Crippen LogP contribution in [0, 0.1) is 11.3 Å². The maximum atomic E-state index is 11.4. The van der Waals surface area contributed by atoms with E-state index in [1.807, 2.05) is 20.8 Å². The summed E-state index contributed by atoms with van der Waals surface area (Å²) in [5.41, 5.74) is 5.84. The molecule has 0 aromatic carbocycles. The molecule has 0 saturated carbocycles. The molecule has 0 spiro atoms. The lowest BCUT2D eigenvalue weighted by Crippen LogP contribution is -2.37. The third-order valence-corrected chi connectivity index (χ3v) is 2.46. The molecule has 3 nitrogen and oxygen atoms in total. The molecule has 3 heteroatoms. The number of rotatable bonds is 5. The van der Waals surface area contributed by atoms with E-state index in [9.17, 15) is 4.79 Å². The number of carbonyl (C=O) groups is 1. The van der Waals surface area contributed by atoms with Crippen molar-refractivity contribution in [2.45, 2.75) is 53.5 Å². The summed E-state index contributed by atoms with van der Waals surface area (Å²) >= 11 is 0. The van der Waals surface area contributed by atoms with Crippen LogP contribution in [0.15, 0.2) is 0 Å². The smallest absolute Gasteiger partial charge is 0.307 e. The van der Waals surface area contributed by atoms with Crippen molar-refractivity contribution in [3.05, 3.63) is 0 Å². The zero-order valence-corrected chi connectivity index (χ0v) is 10.7. The Hall–Kier alpha value is -0.570. The van der Waals surface area contributed by atoms with Gasteiger partial charge in [-0.25, -0.2) is 0 Å². The van der Waals surface area contributed by atoms with Crippen molar-refractivity contribution in [3.8, 4) is 0 Å². The first-order valence-electron chi connectivity index (χ1n) is 5.64. The molecule has 1 atom stereocenters. The molecule has 0 aromatic rings. The van der Waals surface area contributed by atoms with Gasteiger partial charge in [-0.3, -0.25) is 4.79 Å². The fraction of sp³-hybridized carbons (Fsp3) is 0.917. The monoisotopic (exact) mass is 215 g/mol. The van der Waals surface area contributed by atoms with Gasteiger partial charge in [-0.1, -0.05) is 34.6 Å². The second kappa shape index (κ2) is 6.11.